The third-order valence-corrected chi connectivity index (χ3v) is 5.64. The van der Waals surface area contributed by atoms with E-state index < -0.39 is 5.97 Å². The summed E-state index contributed by atoms with van der Waals surface area (Å²) in [6, 6.07) is 2.24. The summed E-state index contributed by atoms with van der Waals surface area (Å²) < 4.78 is 5.33. The van der Waals surface area contributed by atoms with Gasteiger partial charge in [-0.1, -0.05) is 0 Å². The maximum Gasteiger partial charge on any atom is 0.338 e. The van der Waals surface area contributed by atoms with Crippen molar-refractivity contribution >= 4 is 5.97 Å². The molecule has 2 N–H and O–H groups in total. The minimum atomic E-state index is -0.922. The summed E-state index contributed by atoms with van der Waals surface area (Å²) in [6.07, 6.45) is 8.37. The van der Waals surface area contributed by atoms with Crippen LogP contribution in [-0.2, 0) is 6.54 Å². The zero-order chi connectivity index (χ0) is 13.7. The fraction of sp³-hybridized carbons (Fsp3) is 0.688. The van der Waals surface area contributed by atoms with Crippen LogP contribution in [0.3, 0.4) is 0 Å². The summed E-state index contributed by atoms with van der Waals surface area (Å²) in [4.78, 5) is 10.8. The highest BCUT2D eigenvalue weighted by molar-refractivity contribution is 5.87. The van der Waals surface area contributed by atoms with E-state index in [2.05, 4.69) is 5.32 Å². The van der Waals surface area contributed by atoms with Crippen molar-refractivity contribution in [2.45, 2.75) is 44.7 Å². The minimum absolute atomic E-state index is 0.242. The van der Waals surface area contributed by atoms with Crippen molar-refractivity contribution in [3.63, 3.8) is 0 Å². The zero-order valence-corrected chi connectivity index (χ0v) is 11.5. The fourth-order valence-electron chi connectivity index (χ4n) is 5.06. The molecule has 4 aliphatic rings. The maximum atomic E-state index is 10.8. The van der Waals surface area contributed by atoms with Crippen molar-refractivity contribution in [2.24, 2.45) is 23.7 Å². The Kier molecular flexibility index (Phi) is 2.88. The van der Waals surface area contributed by atoms with Gasteiger partial charge in [0, 0.05) is 6.04 Å². The van der Waals surface area contributed by atoms with Crippen molar-refractivity contribution in [1.29, 1.82) is 0 Å². The molecule has 4 fully saturated rings. The quantitative estimate of drug-likeness (QED) is 0.887. The number of nitrogens with one attached hydrogen (secondary N) is 1. The molecule has 0 aromatic carbocycles. The Morgan fingerprint density at radius 3 is 2.40 bits per heavy atom. The Hall–Kier alpha value is -1.29. The molecular weight excluding hydrogens is 254 g/mol. The lowest BCUT2D eigenvalue weighted by atomic mass is 9.54. The predicted molar refractivity (Wildman–Crippen MR) is 73.3 cm³/mol. The normalized spacial score (nSPS) is 38.3. The largest absolute Gasteiger partial charge is 0.478 e. The molecule has 4 nitrogen and oxygen atoms in total. The molecule has 0 radical (unpaired) electrons. The van der Waals surface area contributed by atoms with Gasteiger partial charge in [0.1, 0.15) is 12.0 Å². The van der Waals surface area contributed by atoms with E-state index in [0.717, 1.165) is 29.4 Å². The van der Waals surface area contributed by atoms with Gasteiger partial charge in [0.2, 0.25) is 0 Å². The smallest absolute Gasteiger partial charge is 0.338 e. The number of carbonyl (C=O) groups is 1. The van der Waals surface area contributed by atoms with Crippen LogP contribution in [0.2, 0.25) is 0 Å². The molecule has 0 saturated heterocycles. The van der Waals surface area contributed by atoms with E-state index in [1.54, 1.807) is 6.07 Å². The van der Waals surface area contributed by atoms with Crippen LogP contribution < -0.4 is 5.32 Å². The van der Waals surface area contributed by atoms with Crippen LogP contribution in [0.5, 0.6) is 0 Å². The van der Waals surface area contributed by atoms with Gasteiger partial charge in [-0.25, -0.2) is 4.79 Å². The molecule has 20 heavy (non-hydrogen) atoms. The second-order valence-electron chi connectivity index (χ2n) is 6.94. The van der Waals surface area contributed by atoms with Gasteiger partial charge in [0.15, 0.2) is 0 Å². The van der Waals surface area contributed by atoms with Crippen molar-refractivity contribution in [1.82, 2.24) is 5.32 Å². The van der Waals surface area contributed by atoms with Gasteiger partial charge in [0.25, 0.3) is 0 Å². The molecule has 4 saturated carbocycles. The highest BCUT2D eigenvalue weighted by atomic mass is 16.4. The number of furan rings is 1. The molecule has 0 atom stereocenters. The van der Waals surface area contributed by atoms with E-state index in [0.29, 0.717) is 12.6 Å². The lowest BCUT2D eigenvalue weighted by molar-refractivity contribution is -0.0147. The average Bonchev–Trinajstić information content (AvgIpc) is 2.86. The number of aromatic carboxylic acids is 1. The Bertz CT molecular complexity index is 494. The summed E-state index contributed by atoms with van der Waals surface area (Å²) >= 11 is 0. The maximum absolute atomic E-state index is 10.8. The molecule has 0 amide bonds. The van der Waals surface area contributed by atoms with Crippen LogP contribution in [0.1, 0.15) is 48.2 Å². The molecule has 108 valence electrons. The van der Waals surface area contributed by atoms with E-state index in [1.807, 2.05) is 0 Å². The van der Waals surface area contributed by atoms with Crippen molar-refractivity contribution in [3.8, 4) is 0 Å². The molecule has 0 aliphatic heterocycles. The van der Waals surface area contributed by atoms with E-state index in [1.165, 1.54) is 38.4 Å². The summed E-state index contributed by atoms with van der Waals surface area (Å²) in [5.41, 5.74) is 0.242. The monoisotopic (exact) mass is 275 g/mol. The third-order valence-electron chi connectivity index (χ3n) is 5.64. The average molecular weight is 275 g/mol. The zero-order valence-electron chi connectivity index (χ0n) is 11.5. The van der Waals surface area contributed by atoms with Crippen LogP contribution in [0.15, 0.2) is 16.7 Å². The van der Waals surface area contributed by atoms with Gasteiger partial charge in [-0.05, 0) is 61.8 Å². The standard InChI is InChI=1S/C16H21NO3/c18-16(19)13-6-14(20-8-13)7-17-15-11-2-9-1-10(4-11)5-12(15)3-9/h6,8-12,15,17H,1-5,7H2,(H,18,19). The molecule has 0 spiro atoms. The van der Waals surface area contributed by atoms with Crippen molar-refractivity contribution < 1.29 is 14.3 Å². The van der Waals surface area contributed by atoms with Crippen molar-refractivity contribution in [2.75, 3.05) is 0 Å². The van der Waals surface area contributed by atoms with E-state index in [4.69, 9.17) is 9.52 Å². The first-order valence-corrected chi connectivity index (χ1v) is 7.73. The highest BCUT2D eigenvalue weighted by Crippen LogP contribution is 2.53. The van der Waals surface area contributed by atoms with Crippen LogP contribution in [0.4, 0.5) is 0 Å². The minimum Gasteiger partial charge on any atom is -0.478 e. The number of hydrogen-bond acceptors (Lipinski definition) is 3. The van der Waals surface area contributed by atoms with Crippen molar-refractivity contribution in [3.05, 3.63) is 23.7 Å². The predicted octanol–water partition coefficient (Wildman–Crippen LogP) is 2.89. The fourth-order valence-corrected chi connectivity index (χ4v) is 5.06. The summed E-state index contributed by atoms with van der Waals surface area (Å²) in [6.45, 7) is 0.653. The van der Waals surface area contributed by atoms with Crippen LogP contribution in [0, 0.1) is 23.7 Å². The molecule has 5 rings (SSSR count). The molecular formula is C16H21NO3. The molecule has 1 aromatic heterocycles. The highest BCUT2D eigenvalue weighted by Gasteiger charge is 2.47. The second kappa shape index (κ2) is 4.62. The number of rotatable bonds is 4. The van der Waals surface area contributed by atoms with Crippen LogP contribution in [0.25, 0.3) is 0 Å². The SMILES string of the molecule is O=C(O)c1coc(CNC2C3CC4CC(C3)CC2C4)c1. The second-order valence-corrected chi connectivity index (χ2v) is 6.94. The van der Waals surface area contributed by atoms with E-state index in [-0.39, 0.29) is 5.56 Å². The van der Waals surface area contributed by atoms with Gasteiger partial charge in [-0.3, -0.25) is 0 Å². The molecule has 4 heteroatoms. The Morgan fingerprint density at radius 1 is 1.20 bits per heavy atom. The summed E-state index contributed by atoms with van der Waals surface area (Å²) in [5.74, 6) is 3.45. The number of carboxylic acid groups (broad SMARTS) is 1. The summed E-state index contributed by atoms with van der Waals surface area (Å²) in [5, 5.41) is 12.5. The first kappa shape index (κ1) is 12.5. The molecule has 4 aliphatic carbocycles. The Balaban J connectivity index is 1.40. The molecule has 1 heterocycles. The Labute approximate surface area is 118 Å². The third kappa shape index (κ3) is 2.06. The van der Waals surface area contributed by atoms with E-state index >= 15 is 0 Å². The molecule has 4 bridgehead atoms. The van der Waals surface area contributed by atoms with Crippen LogP contribution >= 0.6 is 0 Å². The van der Waals surface area contributed by atoms with Gasteiger partial charge < -0.3 is 14.8 Å². The van der Waals surface area contributed by atoms with Gasteiger partial charge in [-0.15, -0.1) is 0 Å². The Morgan fingerprint density at radius 2 is 1.85 bits per heavy atom. The number of hydrogen-bond donors (Lipinski definition) is 2. The summed E-state index contributed by atoms with van der Waals surface area (Å²) in [7, 11) is 0. The van der Waals surface area contributed by atoms with Gasteiger partial charge in [0.05, 0.1) is 12.1 Å². The lowest BCUT2D eigenvalue weighted by Crippen LogP contribution is -2.54. The topological polar surface area (TPSA) is 62.5 Å². The lowest BCUT2D eigenvalue weighted by Gasteiger charge is -2.54. The first-order valence-electron chi connectivity index (χ1n) is 7.73. The number of carboxylic acids is 1. The van der Waals surface area contributed by atoms with Crippen LogP contribution in [-0.4, -0.2) is 17.1 Å². The molecule has 1 aromatic rings. The first-order chi connectivity index (χ1) is 9.69. The van der Waals surface area contributed by atoms with Gasteiger partial charge in [-0.2, -0.15) is 0 Å². The van der Waals surface area contributed by atoms with Gasteiger partial charge >= 0.3 is 5.97 Å². The molecule has 0 unspecified atom stereocenters. The van der Waals surface area contributed by atoms with E-state index in [9.17, 15) is 4.79 Å².